The Kier molecular flexibility index (Phi) is 7.30. The lowest BCUT2D eigenvalue weighted by atomic mass is 9.98. The van der Waals surface area contributed by atoms with E-state index in [0.29, 0.717) is 29.6 Å². The first kappa shape index (κ1) is 23.2. The number of carbonyl (C=O) groups is 1. The monoisotopic (exact) mass is 431 g/mol. The van der Waals surface area contributed by atoms with Crippen LogP contribution in [0.2, 0.25) is 0 Å². The second kappa shape index (κ2) is 9.77. The first-order valence-corrected chi connectivity index (χ1v) is 11.2. The fourth-order valence-electron chi connectivity index (χ4n) is 3.99. The maximum atomic E-state index is 12.1. The molecule has 0 spiro atoms. The molecule has 8 heteroatoms. The summed E-state index contributed by atoms with van der Waals surface area (Å²) in [5, 5.41) is 4.12. The maximum absolute atomic E-state index is 12.1. The van der Waals surface area contributed by atoms with Crippen molar-refractivity contribution in [3.63, 3.8) is 0 Å². The summed E-state index contributed by atoms with van der Waals surface area (Å²) in [6.07, 6.45) is 6.75. The van der Waals surface area contributed by atoms with E-state index in [1.165, 1.54) is 24.3 Å². The second-order valence-electron chi connectivity index (χ2n) is 9.47. The topological polar surface area (TPSA) is 116 Å². The van der Waals surface area contributed by atoms with Crippen LogP contribution in [0.25, 0.3) is 5.70 Å². The fourth-order valence-corrected chi connectivity index (χ4v) is 3.99. The number of hydrazine groups is 1. The highest BCUT2D eigenvalue weighted by Gasteiger charge is 2.46. The van der Waals surface area contributed by atoms with Crippen LogP contribution < -0.4 is 21.6 Å². The van der Waals surface area contributed by atoms with Crippen molar-refractivity contribution in [2.75, 3.05) is 20.2 Å². The Morgan fingerprint density at radius 3 is 2.55 bits per heavy atom. The van der Waals surface area contributed by atoms with Crippen LogP contribution in [0.4, 0.5) is 4.79 Å². The number of aryl methyl sites for hydroxylation is 1. The van der Waals surface area contributed by atoms with Crippen molar-refractivity contribution in [1.29, 1.82) is 0 Å². The summed E-state index contributed by atoms with van der Waals surface area (Å²) in [5.74, 6) is 7.19. The van der Waals surface area contributed by atoms with Crippen molar-refractivity contribution in [3.8, 4) is 5.75 Å². The molecule has 0 aliphatic heterocycles. The average Bonchev–Trinajstić information content (AvgIpc) is 3.35. The molecule has 2 aliphatic carbocycles. The average molecular weight is 432 g/mol. The summed E-state index contributed by atoms with van der Waals surface area (Å²) in [7, 11) is 1.68. The number of ether oxygens (including phenoxy) is 2. The van der Waals surface area contributed by atoms with E-state index in [9.17, 15) is 4.79 Å². The predicted molar refractivity (Wildman–Crippen MR) is 121 cm³/mol. The molecule has 1 amide bonds. The number of hydrogen-bond acceptors (Lipinski definition) is 7. The van der Waals surface area contributed by atoms with Gasteiger partial charge in [-0.2, -0.15) is 0 Å². The zero-order chi connectivity index (χ0) is 22.6. The maximum Gasteiger partial charge on any atom is 0.407 e. The molecular formula is C23H37N5O3. The van der Waals surface area contributed by atoms with Gasteiger partial charge in [0, 0.05) is 7.05 Å². The zero-order valence-corrected chi connectivity index (χ0v) is 19.2. The number of carbonyl (C=O) groups excluding carboxylic acids is 1. The standard InChI is InChI=1S/C23H37N5O3/c1-15-20(31-17-8-6-5-7-9-17)11-10-18(27-15)21(24)19(28(4)25)13-26-22(29)30-14-16-12-23(16,2)3/h10-11,16-17H,5-9,12-14,24-25H2,1-4H3,(H,26,29)/b21-19-. The lowest BCUT2D eigenvalue weighted by Gasteiger charge is -2.24. The van der Waals surface area contributed by atoms with Gasteiger partial charge in [-0.3, -0.25) is 0 Å². The van der Waals surface area contributed by atoms with E-state index in [1.807, 2.05) is 19.1 Å². The number of nitrogens with two attached hydrogens (primary N) is 2. The molecule has 0 saturated heterocycles. The molecule has 2 saturated carbocycles. The molecule has 0 aromatic carbocycles. The van der Waals surface area contributed by atoms with Gasteiger partial charge < -0.3 is 25.5 Å². The van der Waals surface area contributed by atoms with Gasteiger partial charge in [0.2, 0.25) is 0 Å². The van der Waals surface area contributed by atoms with Gasteiger partial charge in [0.15, 0.2) is 0 Å². The minimum atomic E-state index is -0.477. The smallest absolute Gasteiger partial charge is 0.407 e. The van der Waals surface area contributed by atoms with E-state index in [-0.39, 0.29) is 18.1 Å². The molecule has 1 aromatic heterocycles. The van der Waals surface area contributed by atoms with Gasteiger partial charge in [0.05, 0.1) is 42.0 Å². The van der Waals surface area contributed by atoms with Gasteiger partial charge in [-0.25, -0.2) is 15.6 Å². The number of alkyl carbamates (subject to hydrolysis) is 1. The van der Waals surface area contributed by atoms with Crippen LogP contribution in [0.5, 0.6) is 5.75 Å². The summed E-state index contributed by atoms with van der Waals surface area (Å²) in [5.41, 5.74) is 8.96. The van der Waals surface area contributed by atoms with Crippen LogP contribution in [0.3, 0.4) is 0 Å². The van der Waals surface area contributed by atoms with Crippen LogP contribution in [-0.2, 0) is 4.74 Å². The third kappa shape index (κ3) is 6.26. The molecule has 3 rings (SSSR count). The highest BCUT2D eigenvalue weighted by atomic mass is 16.5. The van der Waals surface area contributed by atoms with E-state index in [4.69, 9.17) is 21.1 Å². The number of likely N-dealkylation sites (N-methyl/N-ethyl adjacent to an activating group) is 1. The second-order valence-corrected chi connectivity index (χ2v) is 9.47. The largest absolute Gasteiger partial charge is 0.489 e. The number of aromatic nitrogens is 1. The molecule has 31 heavy (non-hydrogen) atoms. The molecule has 5 N–H and O–H groups in total. The van der Waals surface area contributed by atoms with Gasteiger partial charge >= 0.3 is 6.09 Å². The molecule has 1 unspecified atom stereocenters. The molecule has 0 radical (unpaired) electrons. The van der Waals surface area contributed by atoms with E-state index in [0.717, 1.165) is 30.7 Å². The van der Waals surface area contributed by atoms with Gasteiger partial charge in [-0.15, -0.1) is 0 Å². The highest BCUT2D eigenvalue weighted by molar-refractivity contribution is 5.69. The van der Waals surface area contributed by atoms with Crippen LogP contribution in [-0.4, -0.2) is 42.4 Å². The van der Waals surface area contributed by atoms with E-state index >= 15 is 0 Å². The lowest BCUT2D eigenvalue weighted by Crippen LogP contribution is -2.37. The Balaban J connectivity index is 1.61. The Labute approximate surface area is 185 Å². The first-order valence-electron chi connectivity index (χ1n) is 11.2. The summed E-state index contributed by atoms with van der Waals surface area (Å²) in [6, 6.07) is 3.74. The molecular weight excluding hydrogens is 394 g/mol. The number of hydrogen-bond donors (Lipinski definition) is 3. The van der Waals surface area contributed by atoms with Gasteiger partial charge in [-0.1, -0.05) is 20.3 Å². The minimum Gasteiger partial charge on any atom is -0.489 e. The van der Waals surface area contributed by atoms with Crippen molar-refractivity contribution >= 4 is 11.8 Å². The summed E-state index contributed by atoms with van der Waals surface area (Å²) < 4.78 is 11.5. The molecule has 0 bridgehead atoms. The number of nitrogens with zero attached hydrogens (tertiary/aromatic N) is 2. The van der Waals surface area contributed by atoms with E-state index < -0.39 is 6.09 Å². The Hall–Kier alpha value is -2.48. The quantitative estimate of drug-likeness (QED) is 0.427. The molecule has 1 heterocycles. The SMILES string of the molecule is Cc1nc(/C(N)=C(\CNC(=O)OCC2CC2(C)C)N(C)N)ccc1OC1CCCCC1. The molecule has 1 aromatic rings. The Bertz CT molecular complexity index is 815. The lowest BCUT2D eigenvalue weighted by molar-refractivity contribution is 0.137. The molecule has 172 valence electrons. The van der Waals surface area contributed by atoms with E-state index in [2.05, 4.69) is 24.1 Å². The molecule has 1 atom stereocenters. The van der Waals surface area contributed by atoms with Crippen molar-refractivity contribution in [3.05, 3.63) is 29.2 Å². The number of pyridine rings is 1. The molecule has 2 aliphatic rings. The van der Waals surface area contributed by atoms with Crippen molar-refractivity contribution < 1.29 is 14.3 Å². The van der Waals surface area contributed by atoms with Crippen molar-refractivity contribution in [1.82, 2.24) is 15.3 Å². The predicted octanol–water partition coefficient (Wildman–Crippen LogP) is 3.31. The van der Waals surface area contributed by atoms with Gasteiger partial charge in [-0.05, 0) is 62.5 Å². The number of nitrogens with one attached hydrogen (secondary N) is 1. The van der Waals surface area contributed by atoms with Crippen LogP contribution in [0.1, 0.15) is 63.8 Å². The first-order chi connectivity index (χ1) is 14.7. The van der Waals surface area contributed by atoms with Crippen LogP contribution >= 0.6 is 0 Å². The molecule has 2 fully saturated rings. The number of amides is 1. The van der Waals surface area contributed by atoms with Crippen LogP contribution in [0, 0.1) is 18.3 Å². The number of rotatable bonds is 8. The zero-order valence-electron chi connectivity index (χ0n) is 19.2. The fraction of sp³-hybridized carbons (Fsp3) is 0.652. The highest BCUT2D eigenvalue weighted by Crippen LogP contribution is 2.51. The van der Waals surface area contributed by atoms with E-state index in [1.54, 1.807) is 7.05 Å². The third-order valence-electron chi connectivity index (χ3n) is 6.43. The normalized spacial score (nSPS) is 21.1. The van der Waals surface area contributed by atoms with Crippen molar-refractivity contribution in [2.24, 2.45) is 22.9 Å². The Morgan fingerprint density at radius 1 is 1.29 bits per heavy atom. The summed E-state index contributed by atoms with van der Waals surface area (Å²) in [4.78, 5) is 16.7. The van der Waals surface area contributed by atoms with Gasteiger partial charge in [0.25, 0.3) is 0 Å². The summed E-state index contributed by atoms with van der Waals surface area (Å²) >= 11 is 0. The Morgan fingerprint density at radius 2 is 1.97 bits per heavy atom. The molecule has 8 nitrogen and oxygen atoms in total. The van der Waals surface area contributed by atoms with Crippen LogP contribution in [0.15, 0.2) is 17.8 Å². The van der Waals surface area contributed by atoms with Crippen molar-refractivity contribution in [2.45, 2.75) is 65.4 Å². The minimum absolute atomic E-state index is 0.146. The third-order valence-corrected chi connectivity index (χ3v) is 6.43. The van der Waals surface area contributed by atoms with Gasteiger partial charge in [0.1, 0.15) is 5.75 Å². The summed E-state index contributed by atoms with van der Waals surface area (Å²) in [6.45, 7) is 6.83.